The SMILES string of the molecule is CCNC(=NCc1cccc(C#N)c1)NCC(C)COCc1ccccc1. The summed E-state index contributed by atoms with van der Waals surface area (Å²) in [5.74, 6) is 1.13. The second kappa shape index (κ2) is 11.7. The smallest absolute Gasteiger partial charge is 0.191 e. The van der Waals surface area contributed by atoms with Gasteiger partial charge in [-0.3, -0.25) is 0 Å². The molecule has 0 aliphatic heterocycles. The summed E-state index contributed by atoms with van der Waals surface area (Å²) in [5.41, 5.74) is 2.86. The standard InChI is InChI=1S/C22H28N4O/c1-3-24-22(26-15-21-11-7-10-20(12-21)13-23)25-14-18(2)16-27-17-19-8-5-4-6-9-19/h4-12,18H,3,14-17H2,1-2H3,(H2,24,25,26). The average Bonchev–Trinajstić information content (AvgIpc) is 2.71. The van der Waals surface area contributed by atoms with Crippen molar-refractivity contribution in [3.63, 3.8) is 0 Å². The van der Waals surface area contributed by atoms with E-state index in [4.69, 9.17) is 10.00 Å². The fourth-order valence-corrected chi connectivity index (χ4v) is 2.53. The molecule has 142 valence electrons. The molecule has 0 spiro atoms. The topological polar surface area (TPSA) is 69.4 Å². The Balaban J connectivity index is 1.77. The Kier molecular flexibility index (Phi) is 8.88. The quantitative estimate of drug-likeness (QED) is 0.528. The number of hydrogen-bond acceptors (Lipinski definition) is 3. The van der Waals surface area contributed by atoms with Gasteiger partial charge in [-0.15, -0.1) is 0 Å². The van der Waals surface area contributed by atoms with Gasteiger partial charge in [0.1, 0.15) is 0 Å². The minimum atomic E-state index is 0.361. The van der Waals surface area contributed by atoms with Crippen molar-refractivity contribution < 1.29 is 4.74 Å². The molecule has 1 atom stereocenters. The molecular weight excluding hydrogens is 336 g/mol. The van der Waals surface area contributed by atoms with Crippen molar-refractivity contribution in [2.24, 2.45) is 10.9 Å². The Bertz CT molecular complexity index is 752. The third-order valence-electron chi connectivity index (χ3n) is 3.95. The normalized spacial score (nSPS) is 12.3. The van der Waals surface area contributed by atoms with Crippen molar-refractivity contribution >= 4 is 5.96 Å². The van der Waals surface area contributed by atoms with Gasteiger partial charge in [-0.25, -0.2) is 4.99 Å². The minimum absolute atomic E-state index is 0.361. The molecule has 0 aliphatic carbocycles. The molecule has 1 unspecified atom stereocenters. The molecule has 5 heteroatoms. The van der Waals surface area contributed by atoms with Crippen molar-refractivity contribution in [3.05, 3.63) is 71.3 Å². The third kappa shape index (κ3) is 7.93. The number of ether oxygens (including phenoxy) is 1. The molecule has 0 aromatic heterocycles. The number of benzene rings is 2. The highest BCUT2D eigenvalue weighted by Gasteiger charge is 2.05. The Labute approximate surface area is 162 Å². The van der Waals surface area contributed by atoms with Gasteiger partial charge in [0.25, 0.3) is 0 Å². The molecule has 5 nitrogen and oxygen atoms in total. The van der Waals surface area contributed by atoms with Crippen LogP contribution in [0.3, 0.4) is 0 Å². The summed E-state index contributed by atoms with van der Waals surface area (Å²) in [7, 11) is 0. The van der Waals surface area contributed by atoms with Gasteiger partial charge in [-0.1, -0.05) is 49.4 Å². The lowest BCUT2D eigenvalue weighted by molar-refractivity contribution is 0.0931. The second-order valence-corrected chi connectivity index (χ2v) is 6.49. The van der Waals surface area contributed by atoms with Gasteiger partial charge in [-0.05, 0) is 36.1 Å². The van der Waals surface area contributed by atoms with Gasteiger partial charge in [0.15, 0.2) is 5.96 Å². The van der Waals surface area contributed by atoms with Gasteiger partial charge >= 0.3 is 0 Å². The van der Waals surface area contributed by atoms with E-state index in [1.807, 2.05) is 43.3 Å². The molecule has 0 bridgehead atoms. The number of nitrogens with one attached hydrogen (secondary N) is 2. The molecule has 0 heterocycles. The van der Waals surface area contributed by atoms with Crippen molar-refractivity contribution in [2.75, 3.05) is 19.7 Å². The first-order valence-corrected chi connectivity index (χ1v) is 9.34. The Morgan fingerprint density at radius 3 is 2.63 bits per heavy atom. The van der Waals surface area contributed by atoms with Gasteiger partial charge in [0, 0.05) is 13.1 Å². The van der Waals surface area contributed by atoms with E-state index < -0.39 is 0 Å². The second-order valence-electron chi connectivity index (χ2n) is 6.49. The summed E-state index contributed by atoms with van der Waals surface area (Å²) in [6.45, 7) is 7.61. The zero-order valence-electron chi connectivity index (χ0n) is 16.1. The molecule has 0 fully saturated rings. The molecule has 0 radical (unpaired) electrons. The van der Waals surface area contributed by atoms with Crippen LogP contribution in [0.2, 0.25) is 0 Å². The van der Waals surface area contributed by atoms with E-state index >= 15 is 0 Å². The molecule has 27 heavy (non-hydrogen) atoms. The highest BCUT2D eigenvalue weighted by Crippen LogP contribution is 2.06. The van der Waals surface area contributed by atoms with Crippen molar-refractivity contribution in [3.8, 4) is 6.07 Å². The van der Waals surface area contributed by atoms with Gasteiger partial charge < -0.3 is 15.4 Å². The molecular formula is C22H28N4O. The number of nitriles is 1. The van der Waals surface area contributed by atoms with E-state index in [2.05, 4.69) is 40.8 Å². The summed E-state index contributed by atoms with van der Waals surface area (Å²) in [5, 5.41) is 15.6. The predicted octanol–water partition coefficient (Wildman–Crippen LogP) is 3.47. The summed E-state index contributed by atoms with van der Waals surface area (Å²) in [6.07, 6.45) is 0. The highest BCUT2D eigenvalue weighted by molar-refractivity contribution is 5.79. The maximum absolute atomic E-state index is 8.99. The average molecular weight is 364 g/mol. The first-order valence-electron chi connectivity index (χ1n) is 9.34. The molecule has 0 aliphatic rings. The van der Waals surface area contributed by atoms with Crippen LogP contribution in [0, 0.1) is 17.2 Å². The van der Waals surface area contributed by atoms with Crippen LogP contribution in [0.5, 0.6) is 0 Å². The van der Waals surface area contributed by atoms with E-state index in [1.54, 1.807) is 6.07 Å². The summed E-state index contributed by atoms with van der Waals surface area (Å²) >= 11 is 0. The van der Waals surface area contributed by atoms with Crippen molar-refractivity contribution in [1.29, 1.82) is 5.26 Å². The Hall–Kier alpha value is -2.84. The van der Waals surface area contributed by atoms with E-state index in [1.165, 1.54) is 5.56 Å². The molecule has 2 aromatic carbocycles. The highest BCUT2D eigenvalue weighted by atomic mass is 16.5. The molecule has 0 saturated heterocycles. The number of nitrogens with zero attached hydrogens (tertiary/aromatic N) is 2. The van der Waals surface area contributed by atoms with Gasteiger partial charge in [-0.2, -0.15) is 5.26 Å². The monoisotopic (exact) mass is 364 g/mol. The summed E-state index contributed by atoms with van der Waals surface area (Å²) in [4.78, 5) is 4.60. The van der Waals surface area contributed by atoms with Crippen LogP contribution in [0.15, 0.2) is 59.6 Å². The van der Waals surface area contributed by atoms with Gasteiger partial charge in [0.05, 0.1) is 31.4 Å². The number of rotatable bonds is 9. The fraction of sp³-hybridized carbons (Fsp3) is 0.364. The van der Waals surface area contributed by atoms with E-state index in [9.17, 15) is 0 Å². The lowest BCUT2D eigenvalue weighted by atomic mass is 10.1. The van der Waals surface area contributed by atoms with E-state index in [0.717, 1.165) is 24.6 Å². The Morgan fingerprint density at radius 1 is 1.11 bits per heavy atom. The third-order valence-corrected chi connectivity index (χ3v) is 3.95. The van der Waals surface area contributed by atoms with Crippen LogP contribution in [0.1, 0.15) is 30.5 Å². The van der Waals surface area contributed by atoms with E-state index in [-0.39, 0.29) is 0 Å². The molecule has 0 amide bonds. The van der Waals surface area contributed by atoms with Crippen LogP contribution >= 0.6 is 0 Å². The molecule has 2 aromatic rings. The van der Waals surface area contributed by atoms with Crippen LogP contribution < -0.4 is 10.6 Å². The zero-order chi connectivity index (χ0) is 19.3. The van der Waals surface area contributed by atoms with Crippen LogP contribution in [-0.4, -0.2) is 25.7 Å². The van der Waals surface area contributed by atoms with Crippen LogP contribution in [-0.2, 0) is 17.9 Å². The van der Waals surface area contributed by atoms with Crippen LogP contribution in [0.4, 0.5) is 0 Å². The zero-order valence-corrected chi connectivity index (χ0v) is 16.1. The number of aliphatic imine (C=N–C) groups is 1. The molecule has 2 N–H and O–H groups in total. The largest absolute Gasteiger partial charge is 0.376 e. The first-order chi connectivity index (χ1) is 13.2. The lowest BCUT2D eigenvalue weighted by Crippen LogP contribution is -2.40. The predicted molar refractivity (Wildman–Crippen MR) is 109 cm³/mol. The number of guanidine groups is 1. The molecule has 0 saturated carbocycles. The first kappa shape index (κ1) is 20.5. The number of hydrogen-bond donors (Lipinski definition) is 2. The lowest BCUT2D eigenvalue weighted by Gasteiger charge is -2.16. The van der Waals surface area contributed by atoms with E-state index in [0.29, 0.717) is 31.2 Å². The maximum atomic E-state index is 8.99. The van der Waals surface area contributed by atoms with Crippen molar-refractivity contribution in [2.45, 2.75) is 27.0 Å². The summed E-state index contributed by atoms with van der Waals surface area (Å²) in [6, 6.07) is 19.9. The Morgan fingerprint density at radius 2 is 1.89 bits per heavy atom. The molecule has 2 rings (SSSR count). The van der Waals surface area contributed by atoms with Crippen molar-refractivity contribution in [1.82, 2.24) is 10.6 Å². The minimum Gasteiger partial charge on any atom is -0.376 e. The van der Waals surface area contributed by atoms with Gasteiger partial charge in [0.2, 0.25) is 0 Å². The maximum Gasteiger partial charge on any atom is 0.191 e. The summed E-state index contributed by atoms with van der Waals surface area (Å²) < 4.78 is 5.80. The van der Waals surface area contributed by atoms with Crippen LogP contribution in [0.25, 0.3) is 0 Å². The fourth-order valence-electron chi connectivity index (χ4n) is 2.53.